The number of nitrogens with two attached hydrogens (primary N) is 1. The van der Waals surface area contributed by atoms with Crippen LogP contribution in [0.3, 0.4) is 0 Å². The Morgan fingerprint density at radius 1 is 0.971 bits per heavy atom. The Kier molecular flexibility index (Phi) is 6.26. The van der Waals surface area contributed by atoms with Gasteiger partial charge in [0.2, 0.25) is 5.91 Å². The molecule has 0 bridgehead atoms. The lowest BCUT2D eigenvalue weighted by molar-refractivity contribution is -0.117. The molecule has 1 heterocycles. The van der Waals surface area contributed by atoms with Gasteiger partial charge in [0.05, 0.1) is 17.8 Å². The van der Waals surface area contributed by atoms with Crippen molar-refractivity contribution in [3.8, 4) is 5.69 Å². The molecule has 4 N–H and O–H groups in total. The second-order valence-corrected chi connectivity index (χ2v) is 9.28. The molecule has 3 aromatic carbocycles. The zero-order valence-electron chi connectivity index (χ0n) is 19.5. The van der Waals surface area contributed by atoms with Crippen molar-refractivity contribution >= 4 is 34.2 Å². The standard InChI is InChI=1S/C26H25F2N5O2/c1-26(2,3)22-14-24(31-25(35)30-19-12-17(27)11-18(28)13-19)33(32-22)20-8-15-6-4-5-7-21(15)16(9-20)10-23(29)34/h4-9,11-14H,10H2,1-3H3,(H2,29,34)(H2,30,31,35). The predicted molar refractivity (Wildman–Crippen MR) is 132 cm³/mol. The molecule has 0 spiro atoms. The number of halogens is 2. The van der Waals surface area contributed by atoms with Gasteiger partial charge in [-0.15, -0.1) is 0 Å². The first-order chi connectivity index (χ1) is 16.5. The molecular weight excluding hydrogens is 452 g/mol. The van der Waals surface area contributed by atoms with Gasteiger partial charge in [-0.05, 0) is 40.6 Å². The van der Waals surface area contributed by atoms with Gasteiger partial charge in [-0.3, -0.25) is 10.1 Å². The normalized spacial score (nSPS) is 11.5. The first kappa shape index (κ1) is 23.9. The Morgan fingerprint density at radius 2 is 1.66 bits per heavy atom. The number of primary amides is 1. The van der Waals surface area contributed by atoms with Gasteiger partial charge in [0.15, 0.2) is 0 Å². The SMILES string of the molecule is CC(C)(C)c1cc(NC(=O)Nc2cc(F)cc(F)c2)n(-c2cc(CC(N)=O)c3ccccc3c2)n1. The van der Waals surface area contributed by atoms with Gasteiger partial charge in [-0.1, -0.05) is 45.0 Å². The van der Waals surface area contributed by atoms with E-state index in [1.54, 1.807) is 16.8 Å². The molecule has 9 heteroatoms. The van der Waals surface area contributed by atoms with Gasteiger partial charge >= 0.3 is 6.03 Å². The molecule has 4 aromatic rings. The van der Waals surface area contributed by atoms with E-state index in [4.69, 9.17) is 10.8 Å². The number of hydrogen-bond acceptors (Lipinski definition) is 3. The van der Waals surface area contributed by atoms with Crippen molar-refractivity contribution in [2.24, 2.45) is 5.73 Å². The van der Waals surface area contributed by atoms with Crippen LogP contribution in [-0.2, 0) is 16.6 Å². The molecule has 4 rings (SSSR count). The molecule has 0 radical (unpaired) electrons. The van der Waals surface area contributed by atoms with Crippen LogP contribution >= 0.6 is 0 Å². The zero-order valence-corrected chi connectivity index (χ0v) is 19.5. The van der Waals surface area contributed by atoms with Crippen molar-refractivity contribution in [3.63, 3.8) is 0 Å². The largest absolute Gasteiger partial charge is 0.369 e. The minimum atomic E-state index is -0.807. The van der Waals surface area contributed by atoms with Crippen molar-refractivity contribution in [1.82, 2.24) is 9.78 Å². The molecule has 0 saturated heterocycles. The van der Waals surface area contributed by atoms with Gasteiger partial charge in [-0.25, -0.2) is 18.3 Å². The summed E-state index contributed by atoms with van der Waals surface area (Å²) in [4.78, 5) is 24.4. The van der Waals surface area contributed by atoms with Gasteiger partial charge in [0.25, 0.3) is 0 Å². The predicted octanol–water partition coefficient (Wildman–Crippen LogP) is 5.27. The number of rotatable bonds is 5. The monoisotopic (exact) mass is 477 g/mol. The topological polar surface area (TPSA) is 102 Å². The molecule has 0 saturated carbocycles. The van der Waals surface area contributed by atoms with Crippen molar-refractivity contribution in [2.75, 3.05) is 10.6 Å². The number of anilines is 2. The highest BCUT2D eigenvalue weighted by atomic mass is 19.1. The Labute approximate surface area is 200 Å². The van der Waals surface area contributed by atoms with Crippen molar-refractivity contribution in [2.45, 2.75) is 32.6 Å². The van der Waals surface area contributed by atoms with Crippen LogP contribution in [0.2, 0.25) is 0 Å². The average Bonchev–Trinajstić information content (AvgIpc) is 3.16. The number of hydrogen-bond donors (Lipinski definition) is 3. The Balaban J connectivity index is 1.76. The first-order valence-corrected chi connectivity index (χ1v) is 10.9. The lowest BCUT2D eigenvalue weighted by atomic mass is 9.92. The van der Waals surface area contributed by atoms with Crippen LogP contribution in [0.4, 0.5) is 25.1 Å². The van der Waals surface area contributed by atoms with E-state index in [9.17, 15) is 18.4 Å². The Hall–Kier alpha value is -4.27. The van der Waals surface area contributed by atoms with Gasteiger partial charge in [0, 0.05) is 23.2 Å². The summed E-state index contributed by atoms with van der Waals surface area (Å²) >= 11 is 0. The number of amides is 3. The quantitative estimate of drug-likeness (QED) is 0.365. The Morgan fingerprint density at radius 3 is 2.31 bits per heavy atom. The number of urea groups is 1. The van der Waals surface area contributed by atoms with E-state index >= 15 is 0 Å². The minimum Gasteiger partial charge on any atom is -0.369 e. The molecule has 180 valence electrons. The molecule has 3 amide bonds. The van der Waals surface area contributed by atoms with E-state index in [-0.39, 0.29) is 17.5 Å². The fourth-order valence-electron chi connectivity index (χ4n) is 3.77. The number of fused-ring (bicyclic) bond motifs is 1. The molecule has 35 heavy (non-hydrogen) atoms. The maximum Gasteiger partial charge on any atom is 0.324 e. The van der Waals surface area contributed by atoms with E-state index in [1.165, 1.54) is 0 Å². The maximum absolute atomic E-state index is 13.5. The zero-order chi connectivity index (χ0) is 25.3. The van der Waals surface area contributed by atoms with E-state index in [2.05, 4.69) is 10.6 Å². The highest BCUT2D eigenvalue weighted by Crippen LogP contribution is 2.29. The molecule has 0 aliphatic carbocycles. The maximum atomic E-state index is 13.5. The fraction of sp³-hybridized carbons (Fsp3) is 0.192. The van der Waals surface area contributed by atoms with E-state index < -0.39 is 23.6 Å². The number of carbonyl (C=O) groups is 2. The van der Waals surface area contributed by atoms with Crippen LogP contribution in [-0.4, -0.2) is 21.7 Å². The molecule has 0 atom stereocenters. The number of benzene rings is 3. The van der Waals surface area contributed by atoms with Crippen molar-refractivity contribution in [3.05, 3.63) is 83.6 Å². The van der Waals surface area contributed by atoms with Crippen LogP contribution in [0.15, 0.2) is 60.7 Å². The summed E-state index contributed by atoms with van der Waals surface area (Å²) in [5.41, 5.74) is 7.15. The third-order valence-corrected chi connectivity index (χ3v) is 5.38. The number of carbonyl (C=O) groups excluding carboxylic acids is 2. The highest BCUT2D eigenvalue weighted by molar-refractivity contribution is 5.99. The van der Waals surface area contributed by atoms with Crippen LogP contribution in [0.25, 0.3) is 16.5 Å². The molecule has 1 aromatic heterocycles. The minimum absolute atomic E-state index is 0.0310. The molecule has 0 aliphatic rings. The van der Waals surface area contributed by atoms with Crippen LogP contribution < -0.4 is 16.4 Å². The third kappa shape index (κ3) is 5.46. The summed E-state index contributed by atoms with van der Waals surface area (Å²) in [6.45, 7) is 5.95. The second-order valence-electron chi connectivity index (χ2n) is 9.28. The second kappa shape index (κ2) is 9.17. The number of nitrogens with one attached hydrogen (secondary N) is 2. The highest BCUT2D eigenvalue weighted by Gasteiger charge is 2.22. The average molecular weight is 478 g/mol. The molecule has 7 nitrogen and oxygen atoms in total. The van der Waals surface area contributed by atoms with E-state index in [0.717, 1.165) is 34.5 Å². The smallest absolute Gasteiger partial charge is 0.324 e. The van der Waals surface area contributed by atoms with Crippen LogP contribution in [0.1, 0.15) is 32.0 Å². The van der Waals surface area contributed by atoms with Gasteiger partial charge < -0.3 is 11.1 Å². The number of aromatic nitrogens is 2. The van der Waals surface area contributed by atoms with Gasteiger partial charge in [-0.2, -0.15) is 5.10 Å². The first-order valence-electron chi connectivity index (χ1n) is 10.9. The van der Waals surface area contributed by atoms with Gasteiger partial charge in [0.1, 0.15) is 17.5 Å². The molecular formula is C26H25F2N5O2. The molecule has 0 fully saturated rings. The summed E-state index contributed by atoms with van der Waals surface area (Å²) in [7, 11) is 0. The van der Waals surface area contributed by atoms with E-state index in [0.29, 0.717) is 17.2 Å². The van der Waals surface area contributed by atoms with Crippen LogP contribution in [0, 0.1) is 11.6 Å². The summed E-state index contributed by atoms with van der Waals surface area (Å²) in [6.07, 6.45) is 0.0378. The summed E-state index contributed by atoms with van der Waals surface area (Å²) < 4.78 is 28.6. The Bertz CT molecular complexity index is 1420. The van der Waals surface area contributed by atoms with Crippen LogP contribution in [0.5, 0.6) is 0 Å². The molecule has 0 unspecified atom stereocenters. The van der Waals surface area contributed by atoms with Crippen molar-refractivity contribution in [1.29, 1.82) is 0 Å². The lowest BCUT2D eigenvalue weighted by Gasteiger charge is -2.15. The van der Waals surface area contributed by atoms with E-state index in [1.807, 2.05) is 51.1 Å². The summed E-state index contributed by atoms with van der Waals surface area (Å²) in [6, 6.07) is 15.1. The molecule has 0 aliphatic heterocycles. The summed E-state index contributed by atoms with van der Waals surface area (Å²) in [5, 5.41) is 11.6. The number of nitrogens with zero attached hydrogens (tertiary/aromatic N) is 2. The fourth-order valence-corrected chi connectivity index (χ4v) is 3.77. The summed E-state index contributed by atoms with van der Waals surface area (Å²) in [5.74, 6) is -1.75. The third-order valence-electron chi connectivity index (χ3n) is 5.38. The lowest BCUT2D eigenvalue weighted by Crippen LogP contribution is -2.21. The van der Waals surface area contributed by atoms with Crippen molar-refractivity contribution < 1.29 is 18.4 Å².